The van der Waals surface area contributed by atoms with Crippen molar-refractivity contribution in [3.05, 3.63) is 65.7 Å². The maximum absolute atomic E-state index is 13.0. The van der Waals surface area contributed by atoms with Crippen LogP contribution in [0, 0.1) is 0 Å². The molecule has 3 aromatic heterocycles. The summed E-state index contributed by atoms with van der Waals surface area (Å²) in [5, 5.41) is 6.05. The molecule has 2 amide bonds. The van der Waals surface area contributed by atoms with Crippen molar-refractivity contribution < 1.29 is 22.8 Å². The molecule has 4 heterocycles. The van der Waals surface area contributed by atoms with Gasteiger partial charge in [-0.2, -0.15) is 13.2 Å². The van der Waals surface area contributed by atoms with Crippen LogP contribution in [0.5, 0.6) is 0 Å². The van der Waals surface area contributed by atoms with Gasteiger partial charge in [0.15, 0.2) is 0 Å². The number of hydrogen-bond donors (Lipinski definition) is 3. The van der Waals surface area contributed by atoms with Crippen LogP contribution >= 0.6 is 0 Å². The number of nitrogens with one attached hydrogen (secondary N) is 2. The number of pyridine rings is 1. The minimum absolute atomic E-state index is 0.0415. The zero-order chi connectivity index (χ0) is 26.3. The number of nitrogens with two attached hydrogens (primary N) is 1. The topological polar surface area (TPSA) is 128 Å². The molecule has 0 aliphatic carbocycles. The summed E-state index contributed by atoms with van der Waals surface area (Å²) in [4.78, 5) is 36.7. The van der Waals surface area contributed by atoms with E-state index in [4.69, 9.17) is 5.73 Å². The average Bonchev–Trinajstić information content (AvgIpc) is 3.18. The molecule has 190 valence electrons. The molecule has 0 saturated heterocycles. The summed E-state index contributed by atoms with van der Waals surface area (Å²) in [6.45, 7) is 2.02. The van der Waals surface area contributed by atoms with Crippen LogP contribution < -0.4 is 16.4 Å². The second-order valence-electron chi connectivity index (χ2n) is 8.78. The molecule has 4 N–H and O–H groups in total. The van der Waals surface area contributed by atoms with Crippen molar-refractivity contribution in [2.45, 2.75) is 38.5 Å². The Balaban J connectivity index is 1.46. The van der Waals surface area contributed by atoms with Gasteiger partial charge in [0.1, 0.15) is 23.6 Å². The number of nitrogens with zero attached hydrogens (tertiary/aromatic N) is 4. The molecule has 0 saturated carbocycles. The molecule has 12 heteroatoms. The summed E-state index contributed by atoms with van der Waals surface area (Å²) in [5.41, 5.74) is 8.87. The number of fused-ring (bicyclic) bond motifs is 3. The Morgan fingerprint density at radius 3 is 2.57 bits per heavy atom. The Morgan fingerprint density at radius 2 is 1.86 bits per heavy atom. The SMILES string of the molecule is CC(=O)N[C@@H]1CCc2c(-c3ccc(C(=O)Nc4cc(C(F)(F)F)ccn4)cc3)c3c(N)ncnc3n2C1. The Hall–Kier alpha value is -4.48. The molecule has 1 aliphatic rings. The number of anilines is 2. The normalized spacial score (nSPS) is 15.3. The summed E-state index contributed by atoms with van der Waals surface area (Å²) in [5.74, 6) is -0.581. The number of benzene rings is 1. The first-order chi connectivity index (χ1) is 17.6. The second kappa shape index (κ2) is 9.19. The minimum atomic E-state index is -4.54. The van der Waals surface area contributed by atoms with Crippen LogP contribution in [0.3, 0.4) is 0 Å². The summed E-state index contributed by atoms with van der Waals surface area (Å²) >= 11 is 0. The third kappa shape index (κ3) is 4.69. The lowest BCUT2D eigenvalue weighted by molar-refractivity contribution is -0.137. The summed E-state index contributed by atoms with van der Waals surface area (Å²) in [6.07, 6.45) is -0.755. The molecule has 0 spiro atoms. The summed E-state index contributed by atoms with van der Waals surface area (Å²) < 4.78 is 40.9. The number of hydrogen-bond acceptors (Lipinski definition) is 6. The highest BCUT2D eigenvalue weighted by Gasteiger charge is 2.31. The molecule has 0 fully saturated rings. The van der Waals surface area contributed by atoms with Crippen LogP contribution in [-0.4, -0.2) is 37.4 Å². The van der Waals surface area contributed by atoms with Crippen molar-refractivity contribution in [3.8, 4) is 11.1 Å². The maximum atomic E-state index is 13.0. The van der Waals surface area contributed by atoms with Gasteiger partial charge in [0.25, 0.3) is 5.91 Å². The van der Waals surface area contributed by atoms with Gasteiger partial charge >= 0.3 is 6.18 Å². The molecule has 0 bridgehead atoms. The number of aromatic nitrogens is 4. The smallest absolute Gasteiger partial charge is 0.383 e. The van der Waals surface area contributed by atoms with Crippen molar-refractivity contribution in [1.82, 2.24) is 24.8 Å². The zero-order valence-corrected chi connectivity index (χ0v) is 19.6. The predicted molar refractivity (Wildman–Crippen MR) is 130 cm³/mol. The lowest BCUT2D eigenvalue weighted by atomic mass is 9.96. The molecular formula is C25H22F3N7O2. The fourth-order valence-corrected chi connectivity index (χ4v) is 4.69. The van der Waals surface area contributed by atoms with Crippen LogP contribution in [0.2, 0.25) is 0 Å². The van der Waals surface area contributed by atoms with Crippen LogP contribution in [0.25, 0.3) is 22.2 Å². The fourth-order valence-electron chi connectivity index (χ4n) is 4.69. The van der Waals surface area contributed by atoms with E-state index in [-0.39, 0.29) is 23.3 Å². The van der Waals surface area contributed by atoms with E-state index in [1.807, 2.05) is 4.57 Å². The largest absolute Gasteiger partial charge is 0.416 e. The predicted octanol–water partition coefficient (Wildman–Crippen LogP) is 3.80. The average molecular weight is 509 g/mol. The standard InChI is InChI=1S/C25H22F3N7O2/c1-13(36)33-17-6-7-18-20(21-22(29)31-12-32-23(21)35(18)11-17)14-2-4-15(5-3-14)24(37)34-19-10-16(8-9-30-19)25(26,27)28/h2-5,8-10,12,17H,6-7,11H2,1H3,(H,33,36)(H2,29,31,32)(H,30,34,37)/t17-/m1/s1. The van der Waals surface area contributed by atoms with Gasteiger partial charge in [-0.25, -0.2) is 15.0 Å². The van der Waals surface area contributed by atoms with Crippen LogP contribution in [0.1, 0.15) is 35.0 Å². The van der Waals surface area contributed by atoms with E-state index in [2.05, 4.69) is 25.6 Å². The molecule has 9 nitrogen and oxygen atoms in total. The fraction of sp³-hybridized carbons (Fsp3) is 0.240. The molecule has 0 radical (unpaired) electrons. The molecule has 4 aromatic rings. The maximum Gasteiger partial charge on any atom is 0.416 e. The number of nitrogen functional groups attached to an aromatic ring is 1. The van der Waals surface area contributed by atoms with Crippen molar-refractivity contribution in [2.24, 2.45) is 0 Å². The Labute approximate surface area is 208 Å². The van der Waals surface area contributed by atoms with Crippen molar-refractivity contribution in [2.75, 3.05) is 11.1 Å². The highest BCUT2D eigenvalue weighted by atomic mass is 19.4. The summed E-state index contributed by atoms with van der Waals surface area (Å²) in [6, 6.07) is 8.23. The molecular weight excluding hydrogens is 487 g/mol. The van der Waals surface area contributed by atoms with E-state index in [9.17, 15) is 22.8 Å². The first-order valence-electron chi connectivity index (χ1n) is 11.5. The Morgan fingerprint density at radius 1 is 1.11 bits per heavy atom. The first-order valence-corrected chi connectivity index (χ1v) is 11.5. The van der Waals surface area contributed by atoms with E-state index in [1.54, 1.807) is 24.3 Å². The number of carbonyl (C=O) groups is 2. The van der Waals surface area contributed by atoms with E-state index in [0.29, 0.717) is 29.8 Å². The highest BCUT2D eigenvalue weighted by molar-refractivity contribution is 6.05. The third-order valence-electron chi connectivity index (χ3n) is 6.28. The van der Waals surface area contributed by atoms with Gasteiger partial charge in [0.2, 0.25) is 5.91 Å². The minimum Gasteiger partial charge on any atom is -0.383 e. The molecule has 1 aromatic carbocycles. The van der Waals surface area contributed by atoms with Crippen LogP contribution in [0.15, 0.2) is 48.9 Å². The second-order valence-corrected chi connectivity index (χ2v) is 8.78. The quantitative estimate of drug-likeness (QED) is 0.384. The molecule has 5 rings (SSSR count). The van der Waals surface area contributed by atoms with Crippen molar-refractivity contribution >= 4 is 34.5 Å². The van der Waals surface area contributed by atoms with Crippen molar-refractivity contribution in [3.63, 3.8) is 0 Å². The number of alkyl halides is 3. The number of amides is 2. The lowest BCUT2D eigenvalue weighted by Crippen LogP contribution is -2.39. The summed E-state index contributed by atoms with van der Waals surface area (Å²) in [7, 11) is 0. The van der Waals surface area contributed by atoms with E-state index >= 15 is 0 Å². The molecule has 0 unspecified atom stereocenters. The first kappa shape index (κ1) is 24.2. The highest BCUT2D eigenvalue weighted by Crippen LogP contribution is 2.39. The number of carbonyl (C=O) groups excluding carboxylic acids is 2. The molecule has 1 aliphatic heterocycles. The molecule has 37 heavy (non-hydrogen) atoms. The third-order valence-corrected chi connectivity index (χ3v) is 6.28. The number of rotatable bonds is 4. The Kier molecular flexibility index (Phi) is 6.02. The molecule has 1 atom stereocenters. The van der Waals surface area contributed by atoms with Gasteiger partial charge < -0.3 is 20.9 Å². The zero-order valence-electron chi connectivity index (χ0n) is 19.6. The van der Waals surface area contributed by atoms with Gasteiger partial charge in [-0.3, -0.25) is 9.59 Å². The van der Waals surface area contributed by atoms with Gasteiger partial charge in [0, 0.05) is 42.5 Å². The van der Waals surface area contributed by atoms with E-state index in [1.165, 1.54) is 13.3 Å². The lowest BCUT2D eigenvalue weighted by Gasteiger charge is -2.26. The number of halogens is 3. The monoisotopic (exact) mass is 509 g/mol. The van der Waals surface area contributed by atoms with Gasteiger partial charge in [-0.05, 0) is 42.7 Å². The van der Waals surface area contributed by atoms with Crippen molar-refractivity contribution in [1.29, 1.82) is 0 Å². The van der Waals surface area contributed by atoms with E-state index < -0.39 is 17.6 Å². The van der Waals surface area contributed by atoms with Gasteiger partial charge in [-0.1, -0.05) is 12.1 Å². The van der Waals surface area contributed by atoms with E-state index in [0.717, 1.165) is 41.6 Å². The van der Waals surface area contributed by atoms with Gasteiger partial charge in [-0.15, -0.1) is 0 Å². The van der Waals surface area contributed by atoms with Crippen LogP contribution in [-0.2, 0) is 23.9 Å². The van der Waals surface area contributed by atoms with Crippen LogP contribution in [0.4, 0.5) is 24.8 Å². The Bertz CT molecular complexity index is 1510. The van der Waals surface area contributed by atoms with Gasteiger partial charge in [0.05, 0.1) is 10.9 Å².